The second-order valence-corrected chi connectivity index (χ2v) is 7.22. The molecule has 2 N–H and O–H groups in total. The Morgan fingerprint density at radius 1 is 1.10 bits per heavy atom. The van der Waals surface area contributed by atoms with Crippen LogP contribution in [0.15, 0.2) is 48.5 Å². The van der Waals surface area contributed by atoms with E-state index < -0.39 is 18.0 Å². The van der Waals surface area contributed by atoms with Gasteiger partial charge < -0.3 is 15.2 Å². The Hall–Kier alpha value is -3.67. The minimum atomic E-state index is -1.00. The van der Waals surface area contributed by atoms with Crippen molar-refractivity contribution in [3.05, 3.63) is 70.9 Å². The minimum absolute atomic E-state index is 0.460. The van der Waals surface area contributed by atoms with Crippen molar-refractivity contribution >= 4 is 34.4 Å². The van der Waals surface area contributed by atoms with E-state index in [1.54, 1.807) is 7.11 Å². The Bertz CT molecular complexity index is 1170. The van der Waals surface area contributed by atoms with Crippen LogP contribution in [0.1, 0.15) is 40.5 Å². The molecule has 1 aliphatic rings. The zero-order chi connectivity index (χ0) is 21.3. The number of esters is 1. The summed E-state index contributed by atoms with van der Waals surface area (Å²) < 4.78 is 10.6. The number of carbonyl (C=O) groups excluding carboxylic acids is 2. The predicted molar refractivity (Wildman–Crippen MR) is 115 cm³/mol. The maximum atomic E-state index is 13.0. The smallest absolute Gasteiger partial charge is 0.339 e. The summed E-state index contributed by atoms with van der Waals surface area (Å²) in [5, 5.41) is 0.712. The lowest BCUT2D eigenvalue weighted by Crippen LogP contribution is -2.30. The number of nitrogens with two attached hydrogens (primary N) is 1. The van der Waals surface area contributed by atoms with E-state index in [1.165, 1.54) is 6.92 Å². The van der Waals surface area contributed by atoms with Crippen LogP contribution >= 0.6 is 0 Å². The van der Waals surface area contributed by atoms with Gasteiger partial charge in [-0.2, -0.15) is 0 Å². The molecular formula is C24H22N2O4. The van der Waals surface area contributed by atoms with E-state index in [2.05, 4.69) is 6.08 Å². The van der Waals surface area contributed by atoms with E-state index in [9.17, 15) is 9.59 Å². The molecule has 0 bridgehead atoms. The van der Waals surface area contributed by atoms with Gasteiger partial charge in [-0.1, -0.05) is 30.3 Å². The number of aromatic nitrogens is 1. The topological polar surface area (TPSA) is 91.5 Å². The molecule has 0 saturated heterocycles. The number of ether oxygens (including phenoxy) is 2. The molecule has 0 unspecified atom stereocenters. The van der Waals surface area contributed by atoms with E-state index in [1.807, 2.05) is 48.5 Å². The fraction of sp³-hybridized carbons (Fsp3) is 0.208. The lowest BCUT2D eigenvalue weighted by Gasteiger charge is -2.14. The Labute approximate surface area is 174 Å². The lowest BCUT2D eigenvalue weighted by atomic mass is 10.0. The summed E-state index contributed by atoms with van der Waals surface area (Å²) in [5.41, 5.74) is 10.2. The molecule has 1 aromatic heterocycles. The Morgan fingerprint density at radius 2 is 1.83 bits per heavy atom. The number of hydrogen-bond donors (Lipinski definition) is 1. The predicted octanol–water partition coefficient (Wildman–Crippen LogP) is 3.76. The van der Waals surface area contributed by atoms with Crippen molar-refractivity contribution < 1.29 is 19.1 Å². The molecule has 0 aliphatic heterocycles. The molecule has 152 valence electrons. The van der Waals surface area contributed by atoms with Crippen molar-refractivity contribution in [3.8, 4) is 5.75 Å². The molecule has 6 heteroatoms. The number of benzene rings is 2. The first kappa shape index (κ1) is 19.6. The largest absolute Gasteiger partial charge is 0.497 e. The molecular weight excluding hydrogens is 380 g/mol. The fourth-order valence-electron chi connectivity index (χ4n) is 3.69. The summed E-state index contributed by atoms with van der Waals surface area (Å²) in [5.74, 6) is -0.443. The average molecular weight is 402 g/mol. The number of nitrogens with zero attached hydrogens (tertiary/aromatic N) is 1. The number of fused-ring (bicyclic) bond motifs is 2. The summed E-state index contributed by atoms with van der Waals surface area (Å²) in [6, 6.07) is 15.2. The molecule has 2 aromatic carbocycles. The molecule has 1 amide bonds. The molecule has 0 saturated carbocycles. The van der Waals surface area contributed by atoms with Gasteiger partial charge in [-0.3, -0.25) is 4.79 Å². The third-order valence-corrected chi connectivity index (χ3v) is 5.29. The quantitative estimate of drug-likeness (QED) is 0.656. The van der Waals surface area contributed by atoms with Crippen LogP contribution in [0.25, 0.3) is 22.6 Å². The van der Waals surface area contributed by atoms with Gasteiger partial charge in [0.25, 0.3) is 5.91 Å². The monoisotopic (exact) mass is 402 g/mol. The molecule has 1 atom stereocenters. The van der Waals surface area contributed by atoms with Gasteiger partial charge in [0, 0.05) is 5.39 Å². The van der Waals surface area contributed by atoms with E-state index in [4.69, 9.17) is 20.2 Å². The van der Waals surface area contributed by atoms with Crippen LogP contribution < -0.4 is 10.5 Å². The highest BCUT2D eigenvalue weighted by Crippen LogP contribution is 2.38. The average Bonchev–Trinajstić information content (AvgIpc) is 3.14. The number of hydrogen-bond acceptors (Lipinski definition) is 5. The van der Waals surface area contributed by atoms with Gasteiger partial charge >= 0.3 is 5.97 Å². The number of primary amides is 1. The summed E-state index contributed by atoms with van der Waals surface area (Å²) in [7, 11) is 1.63. The van der Waals surface area contributed by atoms with Gasteiger partial charge in [-0.05, 0) is 60.7 Å². The Balaban J connectivity index is 1.81. The van der Waals surface area contributed by atoms with Crippen molar-refractivity contribution in [1.82, 2.24) is 4.98 Å². The lowest BCUT2D eigenvalue weighted by molar-refractivity contribution is -0.125. The van der Waals surface area contributed by atoms with E-state index in [0.717, 1.165) is 34.6 Å². The number of pyridine rings is 1. The molecule has 1 heterocycles. The number of methoxy groups -OCH3 is 1. The Morgan fingerprint density at radius 3 is 2.53 bits per heavy atom. The summed E-state index contributed by atoms with van der Waals surface area (Å²) >= 11 is 0. The van der Waals surface area contributed by atoms with Crippen LogP contribution in [-0.4, -0.2) is 30.1 Å². The molecule has 0 radical (unpaired) electrons. The molecule has 6 nitrogen and oxygen atoms in total. The standard InChI is InChI=1S/C24H22N2O4/c1-14(23(25)27)30-24(28)21-18-5-3-4-6-20(18)26-22-16(9-12-19(21)22)13-15-7-10-17(29-2)11-8-15/h3-8,10-11,13-14H,9,12H2,1-2H3,(H2,25,27)/b16-13+/t14-/m0/s1. The maximum Gasteiger partial charge on any atom is 0.339 e. The van der Waals surface area contributed by atoms with Crippen molar-refractivity contribution in [2.75, 3.05) is 7.11 Å². The van der Waals surface area contributed by atoms with Crippen LogP contribution in [0.5, 0.6) is 5.75 Å². The molecule has 0 spiro atoms. The molecule has 4 rings (SSSR count). The van der Waals surface area contributed by atoms with Crippen LogP contribution in [-0.2, 0) is 16.0 Å². The van der Waals surface area contributed by atoms with Gasteiger partial charge in [-0.15, -0.1) is 0 Å². The van der Waals surface area contributed by atoms with Crippen molar-refractivity contribution in [2.45, 2.75) is 25.9 Å². The van der Waals surface area contributed by atoms with Crippen LogP contribution in [0, 0.1) is 0 Å². The second kappa shape index (κ2) is 7.99. The van der Waals surface area contributed by atoms with Crippen molar-refractivity contribution in [2.24, 2.45) is 5.73 Å². The third-order valence-electron chi connectivity index (χ3n) is 5.29. The highest BCUT2D eigenvalue weighted by Gasteiger charge is 2.29. The number of allylic oxidation sites excluding steroid dienone is 1. The normalized spacial score (nSPS) is 15.1. The van der Waals surface area contributed by atoms with Gasteiger partial charge in [0.2, 0.25) is 0 Å². The van der Waals surface area contributed by atoms with Crippen LogP contribution in [0.3, 0.4) is 0 Å². The number of para-hydroxylation sites is 1. The van der Waals surface area contributed by atoms with Crippen molar-refractivity contribution in [1.29, 1.82) is 0 Å². The van der Waals surface area contributed by atoms with E-state index >= 15 is 0 Å². The number of rotatable bonds is 5. The molecule has 0 fully saturated rings. The number of amides is 1. The molecule has 1 aliphatic carbocycles. The molecule has 3 aromatic rings. The maximum absolute atomic E-state index is 13.0. The van der Waals surface area contributed by atoms with Gasteiger partial charge in [0.1, 0.15) is 5.75 Å². The van der Waals surface area contributed by atoms with Gasteiger partial charge in [0.15, 0.2) is 6.10 Å². The van der Waals surface area contributed by atoms with Crippen LogP contribution in [0.2, 0.25) is 0 Å². The first-order valence-electron chi connectivity index (χ1n) is 9.75. The second-order valence-electron chi connectivity index (χ2n) is 7.22. The highest BCUT2D eigenvalue weighted by molar-refractivity contribution is 6.07. The minimum Gasteiger partial charge on any atom is -0.497 e. The zero-order valence-electron chi connectivity index (χ0n) is 16.8. The summed E-state index contributed by atoms with van der Waals surface area (Å²) in [6.45, 7) is 1.47. The third kappa shape index (κ3) is 3.64. The summed E-state index contributed by atoms with van der Waals surface area (Å²) in [6.07, 6.45) is 2.51. The molecule has 30 heavy (non-hydrogen) atoms. The summed E-state index contributed by atoms with van der Waals surface area (Å²) in [4.78, 5) is 29.2. The Kier molecular flexibility index (Phi) is 5.23. The van der Waals surface area contributed by atoms with Gasteiger partial charge in [-0.25, -0.2) is 9.78 Å². The van der Waals surface area contributed by atoms with Crippen molar-refractivity contribution in [3.63, 3.8) is 0 Å². The first-order chi connectivity index (χ1) is 14.5. The van der Waals surface area contributed by atoms with Gasteiger partial charge in [0.05, 0.1) is 23.9 Å². The number of carbonyl (C=O) groups is 2. The van der Waals surface area contributed by atoms with E-state index in [0.29, 0.717) is 22.9 Å². The SMILES string of the molecule is COc1ccc(/C=C2\CCc3c2nc2ccccc2c3C(=O)O[C@@H](C)C(N)=O)cc1. The zero-order valence-corrected chi connectivity index (χ0v) is 16.8. The van der Waals surface area contributed by atoms with Crippen LogP contribution in [0.4, 0.5) is 0 Å². The van der Waals surface area contributed by atoms with E-state index in [-0.39, 0.29) is 0 Å². The first-order valence-corrected chi connectivity index (χ1v) is 9.75. The fourth-order valence-corrected chi connectivity index (χ4v) is 3.69. The highest BCUT2D eigenvalue weighted by atomic mass is 16.5.